The fraction of sp³-hybridized carbons (Fsp3) is 0.455. The second-order valence-corrected chi connectivity index (χ2v) is 7.60. The summed E-state index contributed by atoms with van der Waals surface area (Å²) in [7, 11) is 1.69. The number of rotatable bonds is 3. The standard InChI is InChI=1S/C22H26O3/c1-14-9-17(11-18(23)10-14)16-5-8-22-20(12-16)21(13-25-22)15-3-6-19(24-2)7-4-15/h3-8,12,14,17-18,21,23H,9-11,13H2,1-2H3. The fourth-order valence-electron chi connectivity index (χ4n) is 4.44. The highest BCUT2D eigenvalue weighted by Crippen LogP contribution is 2.43. The molecule has 0 bridgehead atoms. The van der Waals surface area contributed by atoms with Crippen molar-refractivity contribution in [1.29, 1.82) is 0 Å². The SMILES string of the molecule is COc1ccc(C2COc3ccc(C4CC(C)CC(O)C4)cc32)cc1. The summed E-state index contributed by atoms with van der Waals surface area (Å²) >= 11 is 0. The van der Waals surface area contributed by atoms with Crippen LogP contribution in [-0.4, -0.2) is 24.9 Å². The first-order chi connectivity index (χ1) is 12.1. The average Bonchev–Trinajstić information content (AvgIpc) is 3.04. The quantitative estimate of drug-likeness (QED) is 0.896. The van der Waals surface area contributed by atoms with E-state index in [0.29, 0.717) is 18.4 Å². The first-order valence-electron chi connectivity index (χ1n) is 9.22. The second-order valence-electron chi connectivity index (χ2n) is 7.60. The van der Waals surface area contributed by atoms with Crippen molar-refractivity contribution in [3.8, 4) is 11.5 Å². The van der Waals surface area contributed by atoms with Crippen molar-refractivity contribution >= 4 is 0 Å². The Balaban J connectivity index is 1.62. The van der Waals surface area contributed by atoms with Gasteiger partial charge in [-0.25, -0.2) is 0 Å². The van der Waals surface area contributed by atoms with Crippen molar-refractivity contribution in [3.63, 3.8) is 0 Å². The number of aliphatic hydroxyl groups is 1. The third-order valence-corrected chi connectivity index (χ3v) is 5.72. The van der Waals surface area contributed by atoms with E-state index in [1.54, 1.807) is 7.11 Å². The van der Waals surface area contributed by atoms with Gasteiger partial charge in [-0.3, -0.25) is 0 Å². The van der Waals surface area contributed by atoms with Gasteiger partial charge in [0.15, 0.2) is 0 Å². The van der Waals surface area contributed by atoms with Crippen LogP contribution in [0.5, 0.6) is 11.5 Å². The lowest BCUT2D eigenvalue weighted by atomic mass is 9.76. The van der Waals surface area contributed by atoms with Gasteiger partial charge in [-0.2, -0.15) is 0 Å². The maximum absolute atomic E-state index is 10.1. The minimum Gasteiger partial charge on any atom is -0.497 e. The lowest BCUT2D eigenvalue weighted by molar-refractivity contribution is 0.0945. The minimum absolute atomic E-state index is 0.171. The van der Waals surface area contributed by atoms with Gasteiger partial charge in [-0.05, 0) is 60.4 Å². The van der Waals surface area contributed by atoms with Crippen LogP contribution in [0.2, 0.25) is 0 Å². The molecule has 1 N–H and O–H groups in total. The van der Waals surface area contributed by atoms with Gasteiger partial charge in [-0.1, -0.05) is 31.2 Å². The molecule has 0 saturated heterocycles. The van der Waals surface area contributed by atoms with E-state index in [0.717, 1.165) is 30.8 Å². The molecule has 1 saturated carbocycles. The molecule has 2 aliphatic rings. The Morgan fingerprint density at radius 2 is 1.76 bits per heavy atom. The third kappa shape index (κ3) is 3.25. The molecule has 3 nitrogen and oxygen atoms in total. The van der Waals surface area contributed by atoms with Crippen molar-refractivity contribution in [2.24, 2.45) is 5.92 Å². The highest BCUT2D eigenvalue weighted by Gasteiger charge is 2.30. The maximum atomic E-state index is 10.1. The van der Waals surface area contributed by atoms with Crippen molar-refractivity contribution < 1.29 is 14.6 Å². The van der Waals surface area contributed by atoms with E-state index in [1.165, 1.54) is 16.7 Å². The summed E-state index contributed by atoms with van der Waals surface area (Å²) in [5.41, 5.74) is 3.87. The summed E-state index contributed by atoms with van der Waals surface area (Å²) in [5, 5.41) is 10.1. The molecule has 2 aromatic carbocycles. The zero-order valence-corrected chi connectivity index (χ0v) is 14.9. The summed E-state index contributed by atoms with van der Waals surface area (Å²) < 4.78 is 11.2. The third-order valence-electron chi connectivity index (χ3n) is 5.72. The second kappa shape index (κ2) is 6.72. The van der Waals surface area contributed by atoms with Crippen LogP contribution >= 0.6 is 0 Å². The molecule has 0 amide bonds. The molecule has 1 aliphatic carbocycles. The van der Waals surface area contributed by atoms with Gasteiger partial charge in [0.05, 0.1) is 19.8 Å². The molecule has 132 valence electrons. The summed E-state index contributed by atoms with van der Waals surface area (Å²) in [6.07, 6.45) is 2.79. The van der Waals surface area contributed by atoms with Crippen LogP contribution in [0.3, 0.4) is 0 Å². The Morgan fingerprint density at radius 3 is 2.48 bits per heavy atom. The van der Waals surface area contributed by atoms with Crippen LogP contribution in [0.15, 0.2) is 42.5 Å². The Labute approximate surface area is 149 Å². The lowest BCUT2D eigenvalue weighted by Gasteiger charge is -2.31. The van der Waals surface area contributed by atoms with Gasteiger partial charge in [0.2, 0.25) is 0 Å². The first-order valence-corrected chi connectivity index (χ1v) is 9.22. The van der Waals surface area contributed by atoms with Gasteiger partial charge >= 0.3 is 0 Å². The first kappa shape index (κ1) is 16.5. The van der Waals surface area contributed by atoms with Gasteiger partial charge < -0.3 is 14.6 Å². The van der Waals surface area contributed by atoms with Crippen LogP contribution in [0.25, 0.3) is 0 Å². The lowest BCUT2D eigenvalue weighted by Crippen LogP contribution is -2.23. The molecule has 0 spiro atoms. The molecule has 3 heteroatoms. The van der Waals surface area contributed by atoms with E-state index >= 15 is 0 Å². The molecule has 1 aliphatic heterocycles. The van der Waals surface area contributed by atoms with Gasteiger partial charge in [-0.15, -0.1) is 0 Å². The Morgan fingerprint density at radius 1 is 1.00 bits per heavy atom. The molecule has 4 atom stereocenters. The van der Waals surface area contributed by atoms with Gasteiger partial charge in [0.1, 0.15) is 11.5 Å². The molecule has 4 unspecified atom stereocenters. The average molecular weight is 338 g/mol. The summed E-state index contributed by atoms with van der Waals surface area (Å²) in [4.78, 5) is 0. The van der Waals surface area contributed by atoms with Crippen LogP contribution in [0, 0.1) is 5.92 Å². The Bertz CT molecular complexity index is 727. The fourth-order valence-corrected chi connectivity index (χ4v) is 4.44. The molecular formula is C22H26O3. The normalized spacial score (nSPS) is 28.3. The molecule has 25 heavy (non-hydrogen) atoms. The number of hydrogen-bond donors (Lipinski definition) is 1. The van der Waals surface area contributed by atoms with Crippen molar-refractivity contribution in [2.75, 3.05) is 13.7 Å². The summed E-state index contributed by atoms with van der Waals surface area (Å²) in [5.74, 6) is 3.17. The molecule has 1 heterocycles. The molecular weight excluding hydrogens is 312 g/mol. The maximum Gasteiger partial charge on any atom is 0.123 e. The molecule has 1 fully saturated rings. The van der Waals surface area contributed by atoms with Gasteiger partial charge in [0, 0.05) is 11.5 Å². The van der Waals surface area contributed by atoms with Crippen LogP contribution in [0.4, 0.5) is 0 Å². The van der Waals surface area contributed by atoms with Crippen LogP contribution < -0.4 is 9.47 Å². The Kier molecular flexibility index (Phi) is 4.43. The summed E-state index contributed by atoms with van der Waals surface area (Å²) in [6, 6.07) is 14.9. The van der Waals surface area contributed by atoms with Crippen molar-refractivity contribution in [3.05, 3.63) is 59.2 Å². The van der Waals surface area contributed by atoms with Crippen LogP contribution in [0.1, 0.15) is 54.7 Å². The molecule has 0 aromatic heterocycles. The minimum atomic E-state index is -0.171. The van der Waals surface area contributed by atoms with E-state index in [4.69, 9.17) is 9.47 Å². The zero-order valence-electron chi connectivity index (χ0n) is 14.9. The van der Waals surface area contributed by atoms with E-state index in [9.17, 15) is 5.11 Å². The van der Waals surface area contributed by atoms with Crippen LogP contribution in [-0.2, 0) is 0 Å². The number of ether oxygens (including phenoxy) is 2. The van der Waals surface area contributed by atoms with E-state index in [2.05, 4.69) is 37.3 Å². The zero-order chi connectivity index (χ0) is 17.4. The number of benzene rings is 2. The monoisotopic (exact) mass is 338 g/mol. The number of aliphatic hydroxyl groups excluding tert-OH is 1. The molecule has 0 radical (unpaired) electrons. The predicted molar refractivity (Wildman–Crippen MR) is 98.5 cm³/mol. The number of methoxy groups -OCH3 is 1. The van der Waals surface area contributed by atoms with E-state index in [1.807, 2.05) is 12.1 Å². The smallest absolute Gasteiger partial charge is 0.123 e. The molecule has 4 rings (SSSR count). The van der Waals surface area contributed by atoms with Crippen molar-refractivity contribution in [2.45, 2.75) is 44.1 Å². The number of hydrogen-bond acceptors (Lipinski definition) is 3. The highest BCUT2D eigenvalue weighted by atomic mass is 16.5. The topological polar surface area (TPSA) is 38.7 Å². The van der Waals surface area contributed by atoms with E-state index in [-0.39, 0.29) is 12.0 Å². The highest BCUT2D eigenvalue weighted by molar-refractivity contribution is 5.49. The van der Waals surface area contributed by atoms with Crippen molar-refractivity contribution in [1.82, 2.24) is 0 Å². The largest absolute Gasteiger partial charge is 0.497 e. The number of fused-ring (bicyclic) bond motifs is 1. The molecule has 2 aromatic rings. The Hall–Kier alpha value is -2.00. The van der Waals surface area contributed by atoms with Gasteiger partial charge in [0.25, 0.3) is 0 Å². The van der Waals surface area contributed by atoms with E-state index < -0.39 is 0 Å². The predicted octanol–water partition coefficient (Wildman–Crippen LogP) is 4.48. The summed E-state index contributed by atoms with van der Waals surface area (Å²) in [6.45, 7) is 2.93.